The zero-order valence-electron chi connectivity index (χ0n) is 13.8. The molecule has 1 aromatic carbocycles. The van der Waals surface area contributed by atoms with Crippen molar-refractivity contribution < 1.29 is 18.1 Å². The predicted octanol–water partition coefficient (Wildman–Crippen LogP) is -0.443. The maximum atomic E-state index is 12.3. The molecule has 130 valence electrons. The highest BCUT2D eigenvalue weighted by atomic mass is 32.2. The van der Waals surface area contributed by atoms with Crippen LogP contribution >= 0.6 is 0 Å². The number of benzene rings is 1. The van der Waals surface area contributed by atoms with E-state index in [1.807, 2.05) is 0 Å². The van der Waals surface area contributed by atoms with Crippen LogP contribution in [0.25, 0.3) is 0 Å². The van der Waals surface area contributed by atoms with Gasteiger partial charge in [-0.15, -0.1) is 4.40 Å². The Morgan fingerprint density at radius 2 is 1.88 bits per heavy atom. The number of carbonyl (C=O) groups is 1. The van der Waals surface area contributed by atoms with Crippen molar-refractivity contribution in [2.24, 2.45) is 4.40 Å². The molecule has 0 aromatic heterocycles. The van der Waals surface area contributed by atoms with Gasteiger partial charge in [-0.3, -0.25) is 15.2 Å². The van der Waals surface area contributed by atoms with Crippen LogP contribution in [0.1, 0.15) is 31.2 Å². The third kappa shape index (κ3) is 3.59. The van der Waals surface area contributed by atoms with Crippen LogP contribution in [-0.2, 0) is 14.8 Å². The molecule has 0 radical (unpaired) electrons. The van der Waals surface area contributed by atoms with Gasteiger partial charge in [-0.1, -0.05) is 12.1 Å². The Kier molecular flexibility index (Phi) is 4.86. The highest BCUT2D eigenvalue weighted by molar-refractivity contribution is 7.90. The lowest BCUT2D eigenvalue weighted by atomic mass is 10.2. The summed E-state index contributed by atoms with van der Waals surface area (Å²) < 4.78 is 28.0. The van der Waals surface area contributed by atoms with Crippen LogP contribution in [0.4, 0.5) is 0 Å². The van der Waals surface area contributed by atoms with Gasteiger partial charge >= 0.3 is 0 Å². The summed E-state index contributed by atoms with van der Waals surface area (Å²) in [4.78, 5) is 13.7. The maximum absolute atomic E-state index is 12.3. The van der Waals surface area contributed by atoms with Crippen LogP contribution < -0.4 is 10.3 Å². The normalized spacial score (nSPS) is 20.0. The lowest BCUT2D eigenvalue weighted by Gasteiger charge is -2.22. The van der Waals surface area contributed by atoms with Crippen molar-refractivity contribution in [3.05, 3.63) is 29.8 Å². The fourth-order valence-electron chi connectivity index (χ4n) is 3.24. The second-order valence-corrected chi connectivity index (χ2v) is 7.89. The lowest BCUT2D eigenvalue weighted by molar-refractivity contribution is -0.891. The van der Waals surface area contributed by atoms with E-state index in [-0.39, 0.29) is 16.6 Å². The first-order valence-electron chi connectivity index (χ1n) is 8.28. The molecule has 1 aromatic rings. The molecule has 0 spiro atoms. The number of carbonyl (C=O) groups excluding carboxylic acids is 1. The monoisotopic (exact) mass is 351 g/mol. The summed E-state index contributed by atoms with van der Waals surface area (Å²) in [5, 5.41) is 1.41. The fraction of sp³-hybridized carbons (Fsp3) is 0.500. The van der Waals surface area contributed by atoms with Crippen molar-refractivity contribution in [3.63, 3.8) is 0 Å². The standard InChI is InChI=1S/C16H22N4O3S/c1-19(17-15(21)12-20-10-6-2-3-7-11-20)16-13-8-4-5-9-14(13)24(22,23)18-16/h4-5,8-9H,2-3,6-7,10-12H2,1H3,(H,17,21)/p+1. The second kappa shape index (κ2) is 6.90. The molecule has 3 rings (SSSR count). The second-order valence-electron chi connectivity index (χ2n) is 6.32. The smallest absolute Gasteiger partial charge is 0.293 e. The van der Waals surface area contributed by atoms with Gasteiger partial charge in [0.2, 0.25) is 0 Å². The average Bonchev–Trinajstić information content (AvgIpc) is 2.69. The molecule has 0 atom stereocenters. The Hall–Kier alpha value is -1.93. The number of amidine groups is 1. The molecule has 7 nitrogen and oxygen atoms in total. The fourth-order valence-corrected chi connectivity index (χ4v) is 4.48. The number of quaternary nitrogens is 1. The van der Waals surface area contributed by atoms with Crippen LogP contribution in [0.5, 0.6) is 0 Å². The van der Waals surface area contributed by atoms with E-state index in [4.69, 9.17) is 0 Å². The van der Waals surface area contributed by atoms with Crippen LogP contribution in [0, 0.1) is 0 Å². The van der Waals surface area contributed by atoms with E-state index in [1.165, 1.54) is 28.8 Å². The number of hydrogen-bond donors (Lipinski definition) is 2. The van der Waals surface area contributed by atoms with Gasteiger partial charge < -0.3 is 4.90 Å². The minimum absolute atomic E-state index is 0.126. The van der Waals surface area contributed by atoms with Crippen LogP contribution in [0.3, 0.4) is 0 Å². The van der Waals surface area contributed by atoms with Crippen molar-refractivity contribution >= 4 is 21.8 Å². The summed E-state index contributed by atoms with van der Waals surface area (Å²) in [6.45, 7) is 2.41. The van der Waals surface area contributed by atoms with Gasteiger partial charge in [0.25, 0.3) is 15.9 Å². The molecule has 1 fully saturated rings. The third-order valence-electron chi connectivity index (χ3n) is 4.44. The molecule has 1 saturated heterocycles. The molecule has 24 heavy (non-hydrogen) atoms. The van der Waals surface area contributed by atoms with E-state index < -0.39 is 10.0 Å². The number of amides is 1. The lowest BCUT2D eigenvalue weighted by Crippen LogP contribution is -3.13. The Bertz CT molecular complexity index is 752. The van der Waals surface area contributed by atoms with E-state index in [2.05, 4.69) is 9.82 Å². The van der Waals surface area contributed by atoms with E-state index in [0.29, 0.717) is 12.1 Å². The minimum Gasteiger partial charge on any atom is -0.327 e. The predicted molar refractivity (Wildman–Crippen MR) is 90.1 cm³/mol. The highest BCUT2D eigenvalue weighted by Crippen LogP contribution is 2.26. The van der Waals surface area contributed by atoms with Gasteiger partial charge in [0.1, 0.15) is 4.90 Å². The van der Waals surface area contributed by atoms with Gasteiger partial charge in [0.05, 0.1) is 13.1 Å². The van der Waals surface area contributed by atoms with E-state index in [1.54, 1.807) is 25.2 Å². The largest absolute Gasteiger partial charge is 0.327 e. The van der Waals surface area contributed by atoms with Crippen LogP contribution in [-0.4, -0.2) is 51.9 Å². The van der Waals surface area contributed by atoms with Crippen molar-refractivity contribution in [1.29, 1.82) is 0 Å². The highest BCUT2D eigenvalue weighted by Gasteiger charge is 2.31. The maximum Gasteiger partial charge on any atom is 0.293 e. The Labute approximate surface area is 142 Å². The molecular formula is C16H23N4O3S+. The summed E-state index contributed by atoms with van der Waals surface area (Å²) in [6, 6.07) is 6.64. The summed E-state index contributed by atoms with van der Waals surface area (Å²) in [5.41, 5.74) is 3.26. The first-order chi connectivity index (χ1) is 11.5. The number of rotatable bonds is 2. The molecule has 0 unspecified atom stereocenters. The number of nitrogens with one attached hydrogen (secondary N) is 2. The van der Waals surface area contributed by atoms with Crippen molar-refractivity contribution in [1.82, 2.24) is 10.4 Å². The topological polar surface area (TPSA) is 83.3 Å². The third-order valence-corrected chi connectivity index (χ3v) is 5.77. The van der Waals surface area contributed by atoms with Crippen LogP contribution in [0.15, 0.2) is 33.6 Å². The number of sulfonamides is 1. The number of hydrogen-bond acceptors (Lipinski definition) is 4. The molecule has 8 heteroatoms. The van der Waals surface area contributed by atoms with Crippen molar-refractivity contribution in [3.8, 4) is 0 Å². The number of fused-ring (bicyclic) bond motifs is 1. The summed E-state index contributed by atoms with van der Waals surface area (Å²) >= 11 is 0. The quantitative estimate of drug-likeness (QED) is 0.708. The van der Waals surface area contributed by atoms with Gasteiger partial charge in [-0.2, -0.15) is 8.42 Å². The molecule has 2 aliphatic rings. The van der Waals surface area contributed by atoms with Gasteiger partial charge in [-0.05, 0) is 37.8 Å². The van der Waals surface area contributed by atoms with Gasteiger partial charge in [0, 0.05) is 12.6 Å². The number of nitrogens with zero attached hydrogens (tertiary/aromatic N) is 2. The molecule has 2 aliphatic heterocycles. The molecule has 2 N–H and O–H groups in total. The van der Waals surface area contributed by atoms with E-state index in [9.17, 15) is 13.2 Å². The Balaban J connectivity index is 1.67. The van der Waals surface area contributed by atoms with E-state index in [0.717, 1.165) is 25.9 Å². The Morgan fingerprint density at radius 1 is 1.21 bits per heavy atom. The zero-order valence-corrected chi connectivity index (χ0v) is 14.6. The van der Waals surface area contributed by atoms with Crippen LogP contribution in [0.2, 0.25) is 0 Å². The summed E-state index contributed by atoms with van der Waals surface area (Å²) in [6.07, 6.45) is 4.76. The zero-order chi connectivity index (χ0) is 17.2. The average molecular weight is 351 g/mol. The Morgan fingerprint density at radius 3 is 2.58 bits per heavy atom. The van der Waals surface area contributed by atoms with Gasteiger partial charge in [0.15, 0.2) is 12.4 Å². The molecular weight excluding hydrogens is 328 g/mol. The molecule has 0 aliphatic carbocycles. The minimum atomic E-state index is -3.68. The van der Waals surface area contributed by atoms with Crippen molar-refractivity contribution in [2.75, 3.05) is 26.7 Å². The van der Waals surface area contributed by atoms with Gasteiger partial charge in [-0.25, -0.2) is 0 Å². The molecule has 0 bridgehead atoms. The first-order valence-corrected chi connectivity index (χ1v) is 9.72. The number of likely N-dealkylation sites (tertiary alicyclic amines) is 1. The molecule has 1 amide bonds. The van der Waals surface area contributed by atoms with Crippen molar-refractivity contribution in [2.45, 2.75) is 30.6 Å². The molecule has 0 saturated carbocycles. The SMILES string of the molecule is CN(NC(=O)C[NH+]1CCCCCC1)C1=NS(=O)(=O)c2ccccc21. The summed E-state index contributed by atoms with van der Waals surface area (Å²) in [5.74, 6) is 0.128. The number of hydrazine groups is 1. The molecule has 2 heterocycles. The summed E-state index contributed by atoms with van der Waals surface area (Å²) in [7, 11) is -2.06. The first kappa shape index (κ1) is 16.9. The van der Waals surface area contributed by atoms with E-state index >= 15 is 0 Å².